The van der Waals surface area contributed by atoms with Gasteiger partial charge in [0.25, 0.3) is 0 Å². The molecule has 2 aliphatic rings. The van der Waals surface area contributed by atoms with Crippen LogP contribution in [0.15, 0.2) is 23.0 Å². The molecule has 1 fully saturated rings. The SMILES string of the molecule is COc1c(Cl)c2c(c(OC)c1OC)-c1ccc(OC)c(=O)cc1[C@@H](NC(=S)N1CCC1)CC2. The Balaban J connectivity index is 1.99. The smallest absolute Gasteiger partial charge is 0.220 e. The predicted molar refractivity (Wildman–Crippen MR) is 132 cm³/mol. The fourth-order valence-corrected chi connectivity index (χ4v) is 5.12. The average Bonchev–Trinajstić information content (AvgIpc) is 3.01. The van der Waals surface area contributed by atoms with Gasteiger partial charge in [0.2, 0.25) is 11.2 Å². The first-order valence-corrected chi connectivity index (χ1v) is 11.5. The second-order valence-electron chi connectivity index (χ2n) is 7.93. The third kappa shape index (κ3) is 4.06. The molecule has 7 nitrogen and oxygen atoms in total. The van der Waals surface area contributed by atoms with E-state index in [-0.39, 0.29) is 17.2 Å². The lowest BCUT2D eigenvalue weighted by Crippen LogP contribution is -2.48. The van der Waals surface area contributed by atoms with Crippen LogP contribution in [0.25, 0.3) is 11.1 Å². The molecule has 33 heavy (non-hydrogen) atoms. The van der Waals surface area contributed by atoms with Gasteiger partial charge in [0, 0.05) is 18.7 Å². The minimum Gasteiger partial charge on any atom is -0.493 e. The lowest BCUT2D eigenvalue weighted by molar-refractivity contribution is 0.291. The molecule has 1 aliphatic carbocycles. The number of hydrogen-bond acceptors (Lipinski definition) is 6. The number of likely N-dealkylation sites (tertiary alicyclic amines) is 1. The summed E-state index contributed by atoms with van der Waals surface area (Å²) in [5.74, 6) is 1.57. The van der Waals surface area contributed by atoms with Crippen LogP contribution in [0.4, 0.5) is 0 Å². The molecule has 0 spiro atoms. The second kappa shape index (κ2) is 9.65. The van der Waals surface area contributed by atoms with E-state index in [2.05, 4.69) is 10.2 Å². The average molecular weight is 491 g/mol. The number of nitrogens with zero attached hydrogens (tertiary/aromatic N) is 1. The van der Waals surface area contributed by atoms with Crippen LogP contribution in [0.5, 0.6) is 23.0 Å². The van der Waals surface area contributed by atoms with Crippen LogP contribution in [0.3, 0.4) is 0 Å². The second-order valence-corrected chi connectivity index (χ2v) is 8.69. The Morgan fingerprint density at radius 1 is 1.06 bits per heavy atom. The highest BCUT2D eigenvalue weighted by Gasteiger charge is 2.33. The normalized spacial score (nSPS) is 16.5. The molecule has 9 heteroatoms. The van der Waals surface area contributed by atoms with E-state index in [0.717, 1.165) is 41.8 Å². The standard InChI is InChI=1S/C24H27ClN2O5S/c1-29-18-9-7-13-15(12-17(18)28)16(26-24(33)27-10-5-11-27)8-6-14-19(13)21(30-2)23(32-4)22(31-3)20(14)25/h7,9,12,16H,5-6,8,10-11H2,1-4H3,(H,26,33)/t16-/m0/s1. The van der Waals surface area contributed by atoms with E-state index in [1.54, 1.807) is 33.5 Å². The van der Waals surface area contributed by atoms with E-state index in [9.17, 15) is 4.79 Å². The first kappa shape index (κ1) is 23.4. The molecular weight excluding hydrogens is 464 g/mol. The first-order chi connectivity index (χ1) is 15.9. The molecule has 176 valence electrons. The number of thiocarbonyl (C=S) groups is 1. The summed E-state index contributed by atoms with van der Waals surface area (Å²) in [6.07, 6.45) is 2.41. The molecule has 0 unspecified atom stereocenters. The number of nitrogens with one attached hydrogen (secondary N) is 1. The molecule has 0 aromatic heterocycles. The molecular formula is C24H27ClN2O5S. The fraction of sp³-hybridized carbons (Fsp3) is 0.417. The zero-order chi connectivity index (χ0) is 23.7. The van der Waals surface area contributed by atoms with Gasteiger partial charge in [-0.3, -0.25) is 4.79 Å². The summed E-state index contributed by atoms with van der Waals surface area (Å²) in [5, 5.41) is 4.62. The van der Waals surface area contributed by atoms with E-state index in [1.165, 1.54) is 7.11 Å². The molecule has 1 saturated heterocycles. The number of halogens is 1. The first-order valence-electron chi connectivity index (χ1n) is 10.7. The molecule has 1 atom stereocenters. The maximum atomic E-state index is 12.9. The van der Waals surface area contributed by atoms with Gasteiger partial charge < -0.3 is 29.2 Å². The van der Waals surface area contributed by atoms with Gasteiger partial charge >= 0.3 is 0 Å². The van der Waals surface area contributed by atoms with Crippen molar-refractivity contribution in [3.8, 4) is 34.1 Å². The summed E-state index contributed by atoms with van der Waals surface area (Å²) < 4.78 is 22.3. The molecule has 0 radical (unpaired) electrons. The lowest BCUT2D eigenvalue weighted by Gasteiger charge is -2.35. The number of benzene rings is 1. The van der Waals surface area contributed by atoms with Gasteiger partial charge in [-0.25, -0.2) is 0 Å². The van der Waals surface area contributed by atoms with Crippen LogP contribution >= 0.6 is 23.8 Å². The molecule has 2 aromatic rings. The fourth-order valence-electron chi connectivity index (χ4n) is 4.45. The van der Waals surface area contributed by atoms with E-state index in [0.29, 0.717) is 40.2 Å². The molecule has 1 N–H and O–H groups in total. The van der Waals surface area contributed by atoms with Crippen LogP contribution in [0.1, 0.15) is 30.0 Å². The topological polar surface area (TPSA) is 69.3 Å². The lowest BCUT2D eigenvalue weighted by atomic mass is 9.95. The van der Waals surface area contributed by atoms with Gasteiger partial charge in [0.15, 0.2) is 22.4 Å². The van der Waals surface area contributed by atoms with Crippen LogP contribution in [0, 0.1) is 0 Å². The summed E-state index contributed by atoms with van der Waals surface area (Å²) >= 11 is 12.5. The molecule has 4 rings (SSSR count). The Hall–Kier alpha value is -2.71. The molecule has 1 heterocycles. The summed E-state index contributed by atoms with van der Waals surface area (Å²) in [5.41, 5.74) is 3.02. The van der Waals surface area contributed by atoms with E-state index >= 15 is 0 Å². The van der Waals surface area contributed by atoms with Gasteiger partial charge in [-0.1, -0.05) is 17.7 Å². The van der Waals surface area contributed by atoms with Crippen LogP contribution in [-0.4, -0.2) is 51.5 Å². The van der Waals surface area contributed by atoms with Gasteiger partial charge in [-0.15, -0.1) is 0 Å². The Morgan fingerprint density at radius 3 is 2.33 bits per heavy atom. The van der Waals surface area contributed by atoms with Crippen molar-refractivity contribution in [2.45, 2.75) is 25.3 Å². The summed E-state index contributed by atoms with van der Waals surface area (Å²) in [6, 6.07) is 4.95. The zero-order valence-corrected chi connectivity index (χ0v) is 20.7. The van der Waals surface area contributed by atoms with Gasteiger partial charge in [0.05, 0.1) is 39.5 Å². The maximum absolute atomic E-state index is 12.9. The van der Waals surface area contributed by atoms with Crippen molar-refractivity contribution in [1.82, 2.24) is 10.2 Å². The van der Waals surface area contributed by atoms with E-state index < -0.39 is 0 Å². The summed E-state index contributed by atoms with van der Waals surface area (Å²) in [4.78, 5) is 15.0. The highest BCUT2D eigenvalue weighted by Crippen LogP contribution is 2.54. The van der Waals surface area contributed by atoms with Gasteiger partial charge in [-0.2, -0.15) is 0 Å². The number of fused-ring (bicyclic) bond motifs is 3. The maximum Gasteiger partial charge on any atom is 0.220 e. The number of methoxy groups -OCH3 is 4. The van der Waals surface area contributed by atoms with Crippen molar-refractivity contribution in [3.05, 3.63) is 44.6 Å². The van der Waals surface area contributed by atoms with Crippen molar-refractivity contribution in [3.63, 3.8) is 0 Å². The quantitative estimate of drug-likeness (QED) is 0.631. The number of rotatable bonds is 5. The molecule has 2 aromatic carbocycles. The highest BCUT2D eigenvalue weighted by atomic mass is 35.5. The van der Waals surface area contributed by atoms with Crippen molar-refractivity contribution in [1.29, 1.82) is 0 Å². The van der Waals surface area contributed by atoms with Crippen LogP contribution in [0.2, 0.25) is 5.02 Å². The number of ether oxygens (including phenoxy) is 4. The molecule has 0 bridgehead atoms. The summed E-state index contributed by atoms with van der Waals surface area (Å²) in [7, 11) is 6.15. The van der Waals surface area contributed by atoms with Crippen LogP contribution < -0.4 is 29.7 Å². The van der Waals surface area contributed by atoms with Crippen molar-refractivity contribution >= 4 is 28.9 Å². The van der Waals surface area contributed by atoms with Crippen molar-refractivity contribution in [2.75, 3.05) is 41.5 Å². The highest BCUT2D eigenvalue weighted by molar-refractivity contribution is 7.80. The van der Waals surface area contributed by atoms with Crippen LogP contribution in [-0.2, 0) is 6.42 Å². The third-order valence-electron chi connectivity index (χ3n) is 6.25. The van der Waals surface area contributed by atoms with E-state index in [1.807, 2.05) is 6.07 Å². The minimum absolute atomic E-state index is 0.205. The molecule has 0 amide bonds. The molecule has 1 aliphatic heterocycles. The Kier molecular flexibility index (Phi) is 6.86. The third-order valence-corrected chi connectivity index (χ3v) is 7.02. The number of hydrogen-bond donors (Lipinski definition) is 1. The van der Waals surface area contributed by atoms with Gasteiger partial charge in [-0.05, 0) is 60.3 Å². The Bertz CT molecular complexity index is 1150. The van der Waals surface area contributed by atoms with Crippen molar-refractivity contribution in [2.24, 2.45) is 0 Å². The predicted octanol–water partition coefficient (Wildman–Crippen LogP) is 3.97. The van der Waals surface area contributed by atoms with Crippen molar-refractivity contribution < 1.29 is 18.9 Å². The minimum atomic E-state index is -0.214. The molecule has 0 saturated carbocycles. The summed E-state index contributed by atoms with van der Waals surface area (Å²) in [6.45, 7) is 1.87. The monoisotopic (exact) mass is 490 g/mol. The van der Waals surface area contributed by atoms with Gasteiger partial charge in [0.1, 0.15) is 0 Å². The van der Waals surface area contributed by atoms with E-state index in [4.69, 9.17) is 42.8 Å². The zero-order valence-electron chi connectivity index (χ0n) is 19.1. The Labute approximate surface area is 203 Å². The largest absolute Gasteiger partial charge is 0.493 e. The Morgan fingerprint density at radius 2 is 1.76 bits per heavy atom.